The van der Waals surface area contributed by atoms with Gasteiger partial charge in [0.1, 0.15) is 12.3 Å². The zero-order chi connectivity index (χ0) is 23.6. The molecule has 3 rings (SSSR count). The van der Waals surface area contributed by atoms with Gasteiger partial charge in [-0.3, -0.25) is 4.79 Å². The molecule has 1 heterocycles. The standard InChI is InChI=1S/C27H43FO5/c1-3-4-10-23(28)24(29)14-13-21-22-17-19(9-5-6-11-26(30)31-2)16-20(22)18-25(21)33-27-12-7-8-15-32-27/h9,13-14,20-25,27,29H,3-8,10-12,15-18H2,1-2H3/t20-,21-,22-,23?,24?,25+,27?/m0/s1. The van der Waals surface area contributed by atoms with E-state index in [4.69, 9.17) is 14.2 Å². The summed E-state index contributed by atoms with van der Waals surface area (Å²) in [6, 6.07) is 0. The number of allylic oxidation sites excluding steroid dienone is 2. The van der Waals surface area contributed by atoms with Crippen LogP contribution in [0, 0.1) is 17.8 Å². The number of hydrogen-bond acceptors (Lipinski definition) is 5. The number of carbonyl (C=O) groups excluding carboxylic acids is 1. The van der Waals surface area contributed by atoms with Crippen LogP contribution >= 0.6 is 0 Å². The average molecular weight is 467 g/mol. The van der Waals surface area contributed by atoms with Crippen LogP contribution in [0.25, 0.3) is 0 Å². The maximum Gasteiger partial charge on any atom is 0.305 e. The van der Waals surface area contributed by atoms with Crippen LogP contribution in [0.1, 0.15) is 84.0 Å². The highest BCUT2D eigenvalue weighted by Gasteiger charge is 2.47. The van der Waals surface area contributed by atoms with Crippen LogP contribution in [0.4, 0.5) is 4.39 Å². The van der Waals surface area contributed by atoms with Crippen molar-refractivity contribution in [1.82, 2.24) is 0 Å². The van der Waals surface area contributed by atoms with Crippen molar-refractivity contribution in [2.24, 2.45) is 17.8 Å². The average Bonchev–Trinajstić information content (AvgIpc) is 3.36. The molecule has 0 spiro atoms. The lowest BCUT2D eigenvalue weighted by Crippen LogP contribution is -2.31. The molecule has 6 heteroatoms. The molecule has 1 N–H and O–H groups in total. The number of alkyl halides is 1. The normalized spacial score (nSPS) is 32.8. The van der Waals surface area contributed by atoms with E-state index >= 15 is 0 Å². The molecule has 1 aliphatic heterocycles. The lowest BCUT2D eigenvalue weighted by Gasteiger charge is -2.29. The van der Waals surface area contributed by atoms with E-state index in [0.29, 0.717) is 24.7 Å². The quantitative estimate of drug-likeness (QED) is 0.228. The Labute approximate surface area is 198 Å². The third-order valence-electron chi connectivity index (χ3n) is 7.53. The van der Waals surface area contributed by atoms with Crippen molar-refractivity contribution < 1.29 is 28.5 Å². The van der Waals surface area contributed by atoms with Crippen molar-refractivity contribution in [1.29, 1.82) is 0 Å². The van der Waals surface area contributed by atoms with Crippen LogP contribution < -0.4 is 0 Å². The first-order chi connectivity index (χ1) is 16.0. The number of methoxy groups -OCH3 is 1. The zero-order valence-corrected chi connectivity index (χ0v) is 20.4. The molecule has 188 valence electrons. The molecule has 7 atom stereocenters. The number of ether oxygens (including phenoxy) is 3. The van der Waals surface area contributed by atoms with Gasteiger partial charge in [-0.25, -0.2) is 4.39 Å². The summed E-state index contributed by atoms with van der Waals surface area (Å²) in [4.78, 5) is 11.3. The van der Waals surface area contributed by atoms with Gasteiger partial charge < -0.3 is 19.3 Å². The van der Waals surface area contributed by atoms with Gasteiger partial charge in [0.05, 0.1) is 13.2 Å². The van der Waals surface area contributed by atoms with Crippen molar-refractivity contribution in [2.45, 2.75) is 109 Å². The topological polar surface area (TPSA) is 65.0 Å². The second kappa shape index (κ2) is 13.6. The Hall–Kier alpha value is -1.24. The molecule has 2 saturated carbocycles. The molecule has 2 aliphatic carbocycles. The molecule has 0 bridgehead atoms. The Balaban J connectivity index is 1.61. The summed E-state index contributed by atoms with van der Waals surface area (Å²) >= 11 is 0. The van der Waals surface area contributed by atoms with E-state index in [0.717, 1.165) is 70.8 Å². The zero-order valence-electron chi connectivity index (χ0n) is 20.4. The summed E-state index contributed by atoms with van der Waals surface area (Å²) < 4.78 is 31.3. The number of unbranched alkanes of at least 4 members (excludes halogenated alkanes) is 2. The van der Waals surface area contributed by atoms with Crippen molar-refractivity contribution >= 4 is 5.97 Å². The van der Waals surface area contributed by atoms with Crippen molar-refractivity contribution in [3.05, 3.63) is 23.8 Å². The predicted molar refractivity (Wildman–Crippen MR) is 126 cm³/mol. The van der Waals surface area contributed by atoms with Gasteiger partial charge in [0.25, 0.3) is 0 Å². The van der Waals surface area contributed by atoms with Gasteiger partial charge in [-0.2, -0.15) is 0 Å². The minimum atomic E-state index is -1.21. The van der Waals surface area contributed by atoms with Gasteiger partial charge in [-0.1, -0.05) is 43.6 Å². The number of fused-ring (bicyclic) bond motifs is 1. The monoisotopic (exact) mass is 466 g/mol. The maximum absolute atomic E-state index is 14.3. The number of rotatable bonds is 12. The van der Waals surface area contributed by atoms with Gasteiger partial charge in [0.15, 0.2) is 6.29 Å². The van der Waals surface area contributed by atoms with E-state index in [2.05, 4.69) is 6.08 Å². The fourth-order valence-electron chi connectivity index (χ4n) is 5.66. The highest BCUT2D eigenvalue weighted by atomic mass is 19.1. The summed E-state index contributed by atoms with van der Waals surface area (Å²) in [5, 5.41) is 10.3. The first kappa shape index (κ1) is 26.4. The highest BCUT2D eigenvalue weighted by molar-refractivity contribution is 5.69. The predicted octanol–water partition coefficient (Wildman–Crippen LogP) is 5.66. The lowest BCUT2D eigenvalue weighted by atomic mass is 9.90. The molecule has 3 aliphatic rings. The van der Waals surface area contributed by atoms with Gasteiger partial charge in [-0.05, 0) is 69.6 Å². The van der Waals surface area contributed by atoms with Crippen molar-refractivity contribution in [3.8, 4) is 0 Å². The van der Waals surface area contributed by atoms with E-state index in [1.807, 2.05) is 13.0 Å². The van der Waals surface area contributed by atoms with Crippen LogP contribution in [-0.2, 0) is 19.0 Å². The van der Waals surface area contributed by atoms with Gasteiger partial charge in [-0.15, -0.1) is 0 Å². The van der Waals surface area contributed by atoms with Gasteiger partial charge >= 0.3 is 5.97 Å². The first-order valence-electron chi connectivity index (χ1n) is 13.0. The van der Waals surface area contributed by atoms with Crippen LogP contribution in [0.5, 0.6) is 0 Å². The summed E-state index contributed by atoms with van der Waals surface area (Å²) in [5.74, 6) is 0.992. The SMILES string of the molecule is CCCCC(F)C(O)C=C[C@H]1[C@H]2CC(=CCCCC(=O)OC)C[C@H]2C[C@H]1OC1CCCCO1. The molecule has 5 nitrogen and oxygen atoms in total. The summed E-state index contributed by atoms with van der Waals surface area (Å²) in [5.41, 5.74) is 1.45. The van der Waals surface area contributed by atoms with E-state index < -0.39 is 12.3 Å². The number of carbonyl (C=O) groups is 1. The van der Waals surface area contributed by atoms with E-state index in [9.17, 15) is 14.3 Å². The molecule has 0 radical (unpaired) electrons. The van der Waals surface area contributed by atoms with Gasteiger partial charge in [0, 0.05) is 18.9 Å². The van der Waals surface area contributed by atoms with Gasteiger partial charge in [0.2, 0.25) is 0 Å². The Kier molecular flexibility index (Phi) is 10.9. The van der Waals surface area contributed by atoms with Crippen LogP contribution in [0.2, 0.25) is 0 Å². The van der Waals surface area contributed by atoms with E-state index in [1.165, 1.54) is 12.7 Å². The minimum Gasteiger partial charge on any atom is -0.469 e. The van der Waals surface area contributed by atoms with E-state index in [1.54, 1.807) is 6.08 Å². The van der Waals surface area contributed by atoms with E-state index in [-0.39, 0.29) is 24.3 Å². The number of hydrogen-bond donors (Lipinski definition) is 1. The summed E-state index contributed by atoms with van der Waals surface area (Å²) in [7, 11) is 1.43. The van der Waals surface area contributed by atoms with Crippen LogP contribution in [0.3, 0.4) is 0 Å². The van der Waals surface area contributed by atoms with Crippen molar-refractivity contribution in [3.63, 3.8) is 0 Å². The summed E-state index contributed by atoms with van der Waals surface area (Å²) in [6.07, 6.45) is 14.1. The fourth-order valence-corrected chi connectivity index (χ4v) is 5.66. The first-order valence-corrected chi connectivity index (χ1v) is 13.0. The Morgan fingerprint density at radius 2 is 2.15 bits per heavy atom. The molecular weight excluding hydrogens is 423 g/mol. The molecule has 0 aromatic carbocycles. The molecule has 33 heavy (non-hydrogen) atoms. The molecule has 0 amide bonds. The molecule has 3 fully saturated rings. The number of aliphatic hydroxyl groups excluding tert-OH is 1. The lowest BCUT2D eigenvalue weighted by molar-refractivity contribution is -0.193. The molecular formula is C27H43FO5. The Bertz CT molecular complexity index is 657. The maximum atomic E-state index is 14.3. The second-order valence-electron chi connectivity index (χ2n) is 9.98. The third kappa shape index (κ3) is 7.90. The van der Waals surface area contributed by atoms with Crippen LogP contribution in [0.15, 0.2) is 23.8 Å². The highest BCUT2D eigenvalue weighted by Crippen LogP contribution is 2.52. The second-order valence-corrected chi connectivity index (χ2v) is 9.98. The largest absolute Gasteiger partial charge is 0.469 e. The number of aliphatic hydroxyl groups is 1. The third-order valence-corrected chi connectivity index (χ3v) is 7.53. The van der Waals surface area contributed by atoms with Crippen molar-refractivity contribution in [2.75, 3.05) is 13.7 Å². The molecule has 3 unspecified atom stereocenters. The van der Waals surface area contributed by atoms with Crippen LogP contribution in [-0.4, -0.2) is 49.5 Å². The fraction of sp³-hybridized carbons (Fsp3) is 0.815. The smallest absolute Gasteiger partial charge is 0.305 e. The molecule has 1 saturated heterocycles. The number of esters is 1. The minimum absolute atomic E-state index is 0.0566. The Morgan fingerprint density at radius 1 is 1.30 bits per heavy atom. The molecule has 0 aromatic rings. The molecule has 0 aromatic heterocycles. The Morgan fingerprint density at radius 3 is 2.88 bits per heavy atom. The number of halogens is 1. The summed E-state index contributed by atoms with van der Waals surface area (Å²) in [6.45, 7) is 2.78.